The molecule has 0 saturated heterocycles. The highest BCUT2D eigenvalue weighted by molar-refractivity contribution is 6.12. The van der Waals surface area contributed by atoms with E-state index in [4.69, 9.17) is 9.97 Å². The van der Waals surface area contributed by atoms with E-state index >= 15 is 0 Å². The van der Waals surface area contributed by atoms with Crippen LogP contribution in [0.4, 0.5) is 0 Å². The fourth-order valence-corrected chi connectivity index (χ4v) is 7.64. The zero-order valence-corrected chi connectivity index (χ0v) is 25.6. The Morgan fingerprint density at radius 2 is 1.21 bits per heavy atom. The predicted octanol–water partition coefficient (Wildman–Crippen LogP) is 9.47. The lowest BCUT2D eigenvalue weighted by Crippen LogP contribution is -2.16. The van der Waals surface area contributed by atoms with Crippen molar-refractivity contribution >= 4 is 48.9 Å². The van der Waals surface area contributed by atoms with E-state index in [2.05, 4.69) is 131 Å². The van der Waals surface area contributed by atoms with Crippen LogP contribution in [0.1, 0.15) is 17.5 Å². The van der Waals surface area contributed by atoms with Crippen LogP contribution >= 0.6 is 0 Å². The molecule has 0 amide bonds. The largest absolute Gasteiger partial charge is 0.309 e. The van der Waals surface area contributed by atoms with Gasteiger partial charge in [-0.3, -0.25) is 15.0 Å². The summed E-state index contributed by atoms with van der Waals surface area (Å²) in [6.07, 6.45) is 9.85. The van der Waals surface area contributed by atoms with Gasteiger partial charge in [-0.05, 0) is 98.3 Å². The third kappa shape index (κ3) is 4.05. The molecule has 0 unspecified atom stereocenters. The highest BCUT2D eigenvalue weighted by atomic mass is 15.0. The van der Waals surface area contributed by atoms with Crippen LogP contribution in [0.3, 0.4) is 0 Å². The van der Waals surface area contributed by atoms with Crippen LogP contribution in [0.2, 0.25) is 0 Å². The molecule has 220 valence electrons. The average molecular weight is 601 g/mol. The van der Waals surface area contributed by atoms with E-state index in [0.717, 1.165) is 51.9 Å². The lowest BCUT2D eigenvalue weighted by atomic mass is 9.85. The molecule has 4 heteroatoms. The minimum absolute atomic E-state index is 0.871. The molecule has 4 heterocycles. The molecule has 1 aliphatic carbocycles. The zero-order valence-electron chi connectivity index (χ0n) is 25.6. The van der Waals surface area contributed by atoms with Gasteiger partial charge in [0.1, 0.15) is 0 Å². The lowest BCUT2D eigenvalue weighted by Gasteiger charge is -2.19. The topological polar surface area (TPSA) is 43.6 Å². The molecular formula is C43H28N4. The number of aryl methyl sites for hydroxylation is 1. The standard InChI is InChI=1S/C43H28N4/c1-2-7-40-35(6-1)37-26-44-23-22-41(37)47(40)33-16-10-27(11-17-33)31-14-20-38(45-24-31)39-21-15-32(25-46-39)34-18-12-30-9-8-28-4-3-5-29-13-19-36(34)43(30)42(28)29/h1-11,13-17,19-26H,12,18H2. The smallest absolute Gasteiger partial charge is 0.0886 e. The van der Waals surface area contributed by atoms with Crippen molar-refractivity contribution in [2.45, 2.75) is 12.8 Å². The summed E-state index contributed by atoms with van der Waals surface area (Å²) in [5, 5.41) is 9.12. The number of fused-ring (bicyclic) bond motifs is 3. The lowest BCUT2D eigenvalue weighted by molar-refractivity contribution is 1.00. The Kier molecular flexibility index (Phi) is 5.67. The van der Waals surface area contributed by atoms with Crippen molar-refractivity contribution in [2.24, 2.45) is 0 Å². The second-order valence-electron chi connectivity index (χ2n) is 12.4. The van der Waals surface area contributed by atoms with E-state index in [-0.39, 0.29) is 0 Å². The number of para-hydroxylation sites is 1. The maximum atomic E-state index is 4.89. The van der Waals surface area contributed by atoms with Gasteiger partial charge in [0, 0.05) is 46.8 Å². The molecule has 0 fully saturated rings. The number of pyridine rings is 3. The first-order valence-corrected chi connectivity index (χ1v) is 16.1. The summed E-state index contributed by atoms with van der Waals surface area (Å²) in [5.74, 6) is 0. The van der Waals surface area contributed by atoms with Crippen LogP contribution in [0, 0.1) is 0 Å². The molecular weight excluding hydrogens is 573 g/mol. The van der Waals surface area contributed by atoms with Gasteiger partial charge < -0.3 is 4.57 Å². The number of rotatable bonds is 4. The molecule has 10 rings (SSSR count). The van der Waals surface area contributed by atoms with Crippen molar-refractivity contribution < 1.29 is 0 Å². The van der Waals surface area contributed by atoms with Gasteiger partial charge in [-0.25, -0.2) is 0 Å². The van der Waals surface area contributed by atoms with Gasteiger partial charge in [-0.1, -0.05) is 84.9 Å². The zero-order chi connectivity index (χ0) is 30.9. The van der Waals surface area contributed by atoms with Gasteiger partial charge in [-0.15, -0.1) is 0 Å². The summed E-state index contributed by atoms with van der Waals surface area (Å²) in [6.45, 7) is 0. The van der Waals surface area contributed by atoms with E-state index < -0.39 is 0 Å². The Morgan fingerprint density at radius 1 is 0.489 bits per heavy atom. The molecule has 0 N–H and O–H groups in total. The molecule has 0 bridgehead atoms. The molecule has 4 nitrogen and oxygen atoms in total. The highest BCUT2D eigenvalue weighted by Crippen LogP contribution is 2.34. The summed E-state index contributed by atoms with van der Waals surface area (Å²) >= 11 is 0. The Labute approximate surface area is 271 Å². The maximum absolute atomic E-state index is 4.89. The monoisotopic (exact) mass is 600 g/mol. The van der Waals surface area contributed by atoms with E-state index in [1.54, 1.807) is 0 Å². The predicted molar refractivity (Wildman–Crippen MR) is 193 cm³/mol. The third-order valence-electron chi connectivity index (χ3n) is 9.90. The molecule has 0 radical (unpaired) electrons. The van der Waals surface area contributed by atoms with Crippen molar-refractivity contribution in [3.05, 3.63) is 162 Å². The molecule has 0 aliphatic heterocycles. The van der Waals surface area contributed by atoms with Gasteiger partial charge in [0.15, 0.2) is 0 Å². The van der Waals surface area contributed by atoms with E-state index in [1.807, 2.05) is 24.8 Å². The Bertz CT molecular complexity index is 2630. The van der Waals surface area contributed by atoms with Crippen LogP contribution in [-0.4, -0.2) is 19.5 Å². The number of aromatic nitrogens is 4. The summed E-state index contributed by atoms with van der Waals surface area (Å²) in [5.41, 5.74) is 11.4. The molecule has 5 aromatic carbocycles. The third-order valence-corrected chi connectivity index (χ3v) is 9.90. The summed E-state index contributed by atoms with van der Waals surface area (Å²) in [6, 6.07) is 43.6. The van der Waals surface area contributed by atoms with Gasteiger partial charge in [-0.2, -0.15) is 0 Å². The highest BCUT2D eigenvalue weighted by Gasteiger charge is 2.17. The first-order chi connectivity index (χ1) is 23.3. The minimum Gasteiger partial charge on any atom is -0.309 e. The van der Waals surface area contributed by atoms with Crippen LogP contribution in [-0.2, 0) is 6.42 Å². The molecule has 0 atom stereocenters. The van der Waals surface area contributed by atoms with Crippen molar-refractivity contribution in [3.8, 4) is 28.2 Å². The van der Waals surface area contributed by atoms with Gasteiger partial charge in [0.25, 0.3) is 0 Å². The first kappa shape index (κ1) is 26.1. The second kappa shape index (κ2) is 10.2. The van der Waals surface area contributed by atoms with Crippen molar-refractivity contribution in [2.75, 3.05) is 0 Å². The quantitative estimate of drug-likeness (QED) is 0.202. The number of hydrogen-bond acceptors (Lipinski definition) is 3. The Morgan fingerprint density at radius 3 is 2.00 bits per heavy atom. The number of hydrogen-bond donors (Lipinski definition) is 0. The number of nitrogens with zero attached hydrogens (tertiary/aromatic N) is 4. The SMILES string of the molecule is c1cc2ccc3c4c(ccc(c1)c24)=C(c1ccc(-c2ccc(-c4ccc(-n5c6ccccc6c6cnccc65)cc4)cn2)nc1)CC3. The first-order valence-electron chi connectivity index (χ1n) is 16.1. The van der Waals surface area contributed by atoms with E-state index in [1.165, 1.54) is 54.4 Å². The van der Waals surface area contributed by atoms with Crippen LogP contribution in [0.5, 0.6) is 0 Å². The average Bonchev–Trinajstić information content (AvgIpc) is 3.48. The van der Waals surface area contributed by atoms with Gasteiger partial charge in [0.05, 0.1) is 22.4 Å². The Hall–Kier alpha value is -6.13. The van der Waals surface area contributed by atoms with Gasteiger partial charge in [0.2, 0.25) is 0 Å². The number of benzene rings is 5. The van der Waals surface area contributed by atoms with E-state index in [0.29, 0.717) is 0 Å². The molecule has 9 aromatic rings. The molecule has 0 spiro atoms. The summed E-state index contributed by atoms with van der Waals surface area (Å²) in [4.78, 5) is 14.1. The van der Waals surface area contributed by atoms with Crippen LogP contribution in [0.15, 0.2) is 146 Å². The minimum atomic E-state index is 0.871. The Balaban J connectivity index is 0.956. The molecule has 0 saturated carbocycles. The maximum Gasteiger partial charge on any atom is 0.0886 e. The molecule has 47 heavy (non-hydrogen) atoms. The normalized spacial score (nSPS) is 12.9. The van der Waals surface area contributed by atoms with Gasteiger partial charge >= 0.3 is 0 Å². The van der Waals surface area contributed by atoms with Crippen LogP contribution < -0.4 is 5.22 Å². The second-order valence-corrected chi connectivity index (χ2v) is 12.4. The fraction of sp³-hybridized carbons (Fsp3) is 0.0465. The fourth-order valence-electron chi connectivity index (χ4n) is 7.64. The van der Waals surface area contributed by atoms with Crippen molar-refractivity contribution in [1.29, 1.82) is 0 Å². The van der Waals surface area contributed by atoms with E-state index in [9.17, 15) is 0 Å². The summed E-state index contributed by atoms with van der Waals surface area (Å²) < 4.78 is 2.31. The summed E-state index contributed by atoms with van der Waals surface area (Å²) in [7, 11) is 0. The molecule has 1 aliphatic rings. The van der Waals surface area contributed by atoms with Crippen molar-refractivity contribution in [3.63, 3.8) is 0 Å². The molecule has 4 aromatic heterocycles. The van der Waals surface area contributed by atoms with Crippen molar-refractivity contribution in [1.82, 2.24) is 19.5 Å². The van der Waals surface area contributed by atoms with Crippen LogP contribution in [0.25, 0.3) is 77.1 Å².